The van der Waals surface area contributed by atoms with Crippen LogP contribution >= 0.6 is 0 Å². The molecular weight excluding hydrogens is 286 g/mol. The molecular formula is C18H27N5. The van der Waals surface area contributed by atoms with Crippen molar-refractivity contribution in [2.75, 3.05) is 0 Å². The van der Waals surface area contributed by atoms with Crippen LogP contribution in [0.2, 0.25) is 0 Å². The van der Waals surface area contributed by atoms with Crippen LogP contribution in [0.3, 0.4) is 0 Å². The average Bonchev–Trinajstić information content (AvgIpc) is 3.01. The van der Waals surface area contributed by atoms with E-state index >= 15 is 0 Å². The maximum absolute atomic E-state index is 9.33. The maximum atomic E-state index is 9.33. The van der Waals surface area contributed by atoms with Crippen LogP contribution < -0.4 is 0 Å². The van der Waals surface area contributed by atoms with Gasteiger partial charge in [-0.15, -0.1) is 5.10 Å². The Morgan fingerprint density at radius 1 is 1.09 bits per heavy atom. The van der Waals surface area contributed by atoms with Crippen molar-refractivity contribution in [1.29, 1.82) is 5.26 Å². The molecule has 0 bridgehead atoms. The molecule has 3 saturated carbocycles. The summed E-state index contributed by atoms with van der Waals surface area (Å²) in [5.74, 6) is 0. The molecule has 4 rings (SSSR count). The van der Waals surface area contributed by atoms with Gasteiger partial charge in [0.05, 0.1) is 18.0 Å². The summed E-state index contributed by atoms with van der Waals surface area (Å²) in [6.45, 7) is 0.914. The molecule has 1 heterocycles. The van der Waals surface area contributed by atoms with Crippen molar-refractivity contribution in [2.24, 2.45) is 0 Å². The normalized spacial score (nSPS) is 24.9. The summed E-state index contributed by atoms with van der Waals surface area (Å²) in [4.78, 5) is 2.73. The number of hydrogen-bond donors (Lipinski definition) is 0. The first-order valence-electron chi connectivity index (χ1n) is 9.39. The van der Waals surface area contributed by atoms with Crippen LogP contribution in [0.1, 0.15) is 76.3 Å². The molecule has 3 fully saturated rings. The smallest absolute Gasteiger partial charge is 0.150 e. The first-order chi connectivity index (χ1) is 11.3. The molecule has 124 valence electrons. The van der Waals surface area contributed by atoms with E-state index in [1.807, 2.05) is 10.9 Å². The molecule has 0 atom stereocenters. The number of aromatic nitrogens is 3. The monoisotopic (exact) mass is 313 g/mol. The van der Waals surface area contributed by atoms with E-state index in [1.54, 1.807) is 0 Å². The molecule has 3 aliphatic carbocycles. The lowest BCUT2D eigenvalue weighted by Gasteiger charge is -2.38. The van der Waals surface area contributed by atoms with E-state index < -0.39 is 0 Å². The predicted octanol–water partition coefficient (Wildman–Crippen LogP) is 3.37. The highest BCUT2D eigenvalue weighted by atomic mass is 15.5. The van der Waals surface area contributed by atoms with Gasteiger partial charge in [-0.05, 0) is 38.5 Å². The minimum absolute atomic E-state index is 0.381. The number of nitriles is 1. The van der Waals surface area contributed by atoms with Gasteiger partial charge >= 0.3 is 0 Å². The molecule has 0 aliphatic heterocycles. The summed E-state index contributed by atoms with van der Waals surface area (Å²) in [7, 11) is 0. The maximum Gasteiger partial charge on any atom is 0.150 e. The Morgan fingerprint density at radius 2 is 1.70 bits per heavy atom. The van der Waals surface area contributed by atoms with Gasteiger partial charge in [-0.1, -0.05) is 37.3 Å². The molecule has 0 amide bonds. The fourth-order valence-corrected chi connectivity index (χ4v) is 4.48. The molecule has 5 heteroatoms. The van der Waals surface area contributed by atoms with Crippen molar-refractivity contribution in [3.63, 3.8) is 0 Å². The zero-order valence-corrected chi connectivity index (χ0v) is 14.0. The zero-order valence-electron chi connectivity index (χ0n) is 14.0. The summed E-state index contributed by atoms with van der Waals surface area (Å²) in [6, 6.07) is 3.86. The molecule has 0 saturated heterocycles. The largest absolute Gasteiger partial charge is 0.291 e. The summed E-state index contributed by atoms with van der Waals surface area (Å²) >= 11 is 0. The Bertz CT molecular complexity index is 570. The summed E-state index contributed by atoms with van der Waals surface area (Å²) in [6.07, 6.45) is 16.1. The fraction of sp³-hybridized carbons (Fsp3) is 0.833. The van der Waals surface area contributed by atoms with Gasteiger partial charge in [0.15, 0.2) is 5.54 Å². The van der Waals surface area contributed by atoms with E-state index in [1.165, 1.54) is 57.8 Å². The van der Waals surface area contributed by atoms with Gasteiger partial charge in [0, 0.05) is 18.6 Å². The van der Waals surface area contributed by atoms with E-state index in [4.69, 9.17) is 0 Å². The van der Waals surface area contributed by atoms with Crippen LogP contribution in [0.5, 0.6) is 0 Å². The van der Waals surface area contributed by atoms with Gasteiger partial charge in [-0.2, -0.15) is 5.26 Å². The van der Waals surface area contributed by atoms with Crippen LogP contribution in [-0.2, 0) is 12.1 Å². The van der Waals surface area contributed by atoms with Crippen LogP contribution in [0.25, 0.3) is 0 Å². The third-order valence-corrected chi connectivity index (χ3v) is 6.09. The molecule has 0 aromatic carbocycles. The van der Waals surface area contributed by atoms with Crippen LogP contribution in [0.4, 0.5) is 0 Å². The Balaban J connectivity index is 1.49. The van der Waals surface area contributed by atoms with Crippen LogP contribution in [0, 0.1) is 11.3 Å². The Kier molecular flexibility index (Phi) is 4.11. The lowest BCUT2D eigenvalue weighted by Crippen LogP contribution is -2.42. The Hall–Kier alpha value is -1.41. The van der Waals surface area contributed by atoms with Crippen molar-refractivity contribution >= 4 is 0 Å². The van der Waals surface area contributed by atoms with E-state index in [-0.39, 0.29) is 5.54 Å². The SMILES string of the molecule is N#CC1(n2cc(CN(C3CCCCC3)C3CCCC3)nn2)CC1. The van der Waals surface area contributed by atoms with Crippen molar-refractivity contribution < 1.29 is 0 Å². The molecule has 0 N–H and O–H groups in total. The van der Waals surface area contributed by atoms with Gasteiger partial charge in [-0.25, -0.2) is 4.68 Å². The van der Waals surface area contributed by atoms with Crippen molar-refractivity contribution in [3.05, 3.63) is 11.9 Å². The van der Waals surface area contributed by atoms with E-state index in [2.05, 4.69) is 21.3 Å². The van der Waals surface area contributed by atoms with Gasteiger partial charge in [-0.3, -0.25) is 4.90 Å². The first kappa shape index (κ1) is 15.1. The summed E-state index contributed by atoms with van der Waals surface area (Å²) in [5.41, 5.74) is 0.665. The fourth-order valence-electron chi connectivity index (χ4n) is 4.48. The van der Waals surface area contributed by atoms with Crippen LogP contribution in [-0.4, -0.2) is 32.0 Å². The minimum Gasteiger partial charge on any atom is -0.291 e. The highest BCUT2D eigenvalue weighted by Gasteiger charge is 2.46. The molecule has 23 heavy (non-hydrogen) atoms. The zero-order chi connectivity index (χ0) is 15.7. The summed E-state index contributed by atoms with van der Waals surface area (Å²) < 4.78 is 1.82. The average molecular weight is 313 g/mol. The topological polar surface area (TPSA) is 57.7 Å². The second kappa shape index (κ2) is 6.24. The lowest BCUT2D eigenvalue weighted by molar-refractivity contribution is 0.0960. The standard InChI is InChI=1S/C18H27N5/c19-14-18(10-11-18)23-13-15(20-21-23)12-22(17-8-4-5-9-17)16-6-2-1-3-7-16/h13,16-17H,1-12H2. The van der Waals surface area contributed by atoms with Crippen molar-refractivity contribution in [2.45, 2.75) is 94.8 Å². The van der Waals surface area contributed by atoms with Gasteiger partial charge in [0.2, 0.25) is 0 Å². The quantitative estimate of drug-likeness (QED) is 0.836. The second-order valence-corrected chi connectivity index (χ2v) is 7.70. The molecule has 1 aromatic rings. The van der Waals surface area contributed by atoms with E-state index in [0.717, 1.165) is 37.2 Å². The second-order valence-electron chi connectivity index (χ2n) is 7.70. The van der Waals surface area contributed by atoms with Crippen molar-refractivity contribution in [3.8, 4) is 6.07 Å². The molecule has 1 aromatic heterocycles. The lowest BCUT2D eigenvalue weighted by atomic mass is 9.92. The molecule has 0 unspecified atom stereocenters. The Morgan fingerprint density at radius 3 is 2.26 bits per heavy atom. The van der Waals surface area contributed by atoms with Gasteiger partial charge in [0.1, 0.15) is 0 Å². The van der Waals surface area contributed by atoms with E-state index in [0.29, 0.717) is 0 Å². The highest BCUT2D eigenvalue weighted by Crippen LogP contribution is 2.42. The Labute approximate surface area is 138 Å². The van der Waals surface area contributed by atoms with Crippen molar-refractivity contribution in [1.82, 2.24) is 19.9 Å². The van der Waals surface area contributed by atoms with E-state index in [9.17, 15) is 5.26 Å². The molecule has 3 aliphatic rings. The number of hydrogen-bond acceptors (Lipinski definition) is 4. The molecule has 0 spiro atoms. The van der Waals surface area contributed by atoms with Gasteiger partial charge < -0.3 is 0 Å². The third kappa shape index (κ3) is 3.01. The van der Waals surface area contributed by atoms with Crippen LogP contribution in [0.15, 0.2) is 6.20 Å². The molecule has 0 radical (unpaired) electrons. The third-order valence-electron chi connectivity index (χ3n) is 6.09. The number of rotatable bonds is 5. The summed E-state index contributed by atoms with van der Waals surface area (Å²) in [5, 5.41) is 18.0. The molecule has 5 nitrogen and oxygen atoms in total. The van der Waals surface area contributed by atoms with Gasteiger partial charge in [0.25, 0.3) is 0 Å². The first-order valence-corrected chi connectivity index (χ1v) is 9.39. The minimum atomic E-state index is -0.381. The predicted molar refractivity (Wildman–Crippen MR) is 87.5 cm³/mol. The number of nitrogens with zero attached hydrogens (tertiary/aromatic N) is 5. The highest BCUT2D eigenvalue weighted by molar-refractivity contribution is 5.16.